The monoisotopic (exact) mass is 393 g/mol. The third-order valence-corrected chi connectivity index (χ3v) is 5.06. The van der Waals surface area contributed by atoms with Gasteiger partial charge < -0.3 is 14.8 Å². The lowest BCUT2D eigenvalue weighted by atomic mass is 10.2. The van der Waals surface area contributed by atoms with Gasteiger partial charge in [0.1, 0.15) is 5.75 Å². The van der Waals surface area contributed by atoms with Crippen molar-refractivity contribution < 1.29 is 19.1 Å². The largest absolute Gasteiger partial charge is 0.495 e. The fraction of sp³-hybridized carbons (Fsp3) is 0.263. The average Bonchev–Trinajstić information content (AvgIpc) is 3.01. The number of esters is 1. The van der Waals surface area contributed by atoms with Crippen LogP contribution in [0.1, 0.15) is 22.9 Å². The third kappa shape index (κ3) is 5.09. The van der Waals surface area contributed by atoms with Gasteiger partial charge in [0.25, 0.3) is 5.91 Å². The molecule has 5 nitrogen and oxygen atoms in total. The number of carbonyl (C=O) groups excluding carboxylic acids is 2. The molecular formula is C19H20ClNO4S. The van der Waals surface area contributed by atoms with Crippen molar-refractivity contribution in [2.24, 2.45) is 0 Å². The summed E-state index contributed by atoms with van der Waals surface area (Å²) in [5.74, 6) is -0.612. The summed E-state index contributed by atoms with van der Waals surface area (Å²) >= 11 is 7.58. The zero-order valence-electron chi connectivity index (χ0n) is 15.0. The molecule has 138 valence electrons. The lowest BCUT2D eigenvalue weighted by molar-refractivity contribution is -0.148. The SMILES string of the molecule is COc1cc(Cl)c(C)cc1NC(=O)[C@H](C)OC(=O)/C=C/c1sccc1C. The van der Waals surface area contributed by atoms with Gasteiger partial charge in [-0.15, -0.1) is 11.3 Å². The summed E-state index contributed by atoms with van der Waals surface area (Å²) in [4.78, 5) is 25.2. The van der Waals surface area contributed by atoms with Crippen LogP contribution in [0.25, 0.3) is 6.08 Å². The van der Waals surface area contributed by atoms with Gasteiger partial charge in [-0.3, -0.25) is 4.79 Å². The number of rotatable bonds is 6. The minimum absolute atomic E-state index is 0.431. The highest BCUT2D eigenvalue weighted by Gasteiger charge is 2.19. The second kappa shape index (κ2) is 8.87. The maximum atomic E-state index is 12.3. The minimum Gasteiger partial charge on any atom is -0.495 e. The molecule has 1 amide bonds. The fourth-order valence-corrected chi connectivity index (χ4v) is 3.10. The standard InChI is InChI=1S/C19H20ClNO4S/c1-11-7-8-26-17(11)5-6-18(22)25-13(3)19(23)21-15-9-12(2)14(20)10-16(15)24-4/h5-10,13H,1-4H3,(H,21,23)/b6-5+/t13-/m0/s1. The van der Waals surface area contributed by atoms with Crippen molar-refractivity contribution in [3.05, 3.63) is 50.7 Å². The highest BCUT2D eigenvalue weighted by Crippen LogP contribution is 2.31. The summed E-state index contributed by atoms with van der Waals surface area (Å²) in [6.45, 7) is 5.28. The molecule has 0 bridgehead atoms. The summed E-state index contributed by atoms with van der Waals surface area (Å²) < 4.78 is 10.4. The third-order valence-electron chi connectivity index (χ3n) is 3.67. The predicted molar refractivity (Wildman–Crippen MR) is 105 cm³/mol. The van der Waals surface area contributed by atoms with Crippen LogP contribution in [0, 0.1) is 13.8 Å². The molecule has 1 N–H and O–H groups in total. The molecule has 2 aromatic rings. The number of amides is 1. The number of anilines is 1. The molecule has 0 spiro atoms. The summed E-state index contributed by atoms with van der Waals surface area (Å²) in [6, 6.07) is 5.29. The van der Waals surface area contributed by atoms with Crippen molar-refractivity contribution >= 4 is 46.6 Å². The van der Waals surface area contributed by atoms with Gasteiger partial charge in [-0.25, -0.2) is 4.79 Å². The Morgan fingerprint density at radius 1 is 1.27 bits per heavy atom. The Morgan fingerprint density at radius 3 is 2.62 bits per heavy atom. The highest BCUT2D eigenvalue weighted by atomic mass is 35.5. The van der Waals surface area contributed by atoms with Gasteiger partial charge in [-0.2, -0.15) is 0 Å². The van der Waals surface area contributed by atoms with Crippen molar-refractivity contribution in [3.8, 4) is 5.75 Å². The van der Waals surface area contributed by atoms with E-state index in [1.807, 2.05) is 25.3 Å². The molecule has 0 unspecified atom stereocenters. The Kier molecular flexibility index (Phi) is 6.83. The van der Waals surface area contributed by atoms with Gasteiger partial charge in [-0.1, -0.05) is 11.6 Å². The van der Waals surface area contributed by atoms with Crippen LogP contribution in [-0.2, 0) is 14.3 Å². The Bertz CT molecular complexity index is 844. The van der Waals surface area contributed by atoms with E-state index in [2.05, 4.69) is 5.32 Å². The second-order valence-corrected chi connectivity index (χ2v) is 7.03. The van der Waals surface area contributed by atoms with Crippen LogP contribution >= 0.6 is 22.9 Å². The van der Waals surface area contributed by atoms with Crippen LogP contribution in [0.2, 0.25) is 5.02 Å². The van der Waals surface area contributed by atoms with Crippen molar-refractivity contribution in [3.63, 3.8) is 0 Å². The summed E-state index contributed by atoms with van der Waals surface area (Å²) in [5, 5.41) is 5.17. The molecule has 0 aliphatic rings. The molecule has 0 saturated carbocycles. The number of halogens is 1. The predicted octanol–water partition coefficient (Wildman–Crippen LogP) is 4.61. The fourth-order valence-electron chi connectivity index (χ4n) is 2.13. The van der Waals surface area contributed by atoms with Crippen LogP contribution in [0.15, 0.2) is 29.7 Å². The zero-order valence-corrected chi connectivity index (χ0v) is 16.5. The van der Waals surface area contributed by atoms with E-state index in [4.69, 9.17) is 21.1 Å². The molecule has 7 heteroatoms. The van der Waals surface area contributed by atoms with E-state index in [9.17, 15) is 9.59 Å². The first-order chi connectivity index (χ1) is 12.3. The average molecular weight is 394 g/mol. The summed E-state index contributed by atoms with van der Waals surface area (Å²) in [7, 11) is 1.48. The zero-order chi connectivity index (χ0) is 19.3. The van der Waals surface area contributed by atoms with E-state index in [0.29, 0.717) is 16.5 Å². The number of ether oxygens (including phenoxy) is 2. The van der Waals surface area contributed by atoms with E-state index < -0.39 is 18.0 Å². The van der Waals surface area contributed by atoms with Gasteiger partial charge in [0.05, 0.1) is 12.8 Å². The lowest BCUT2D eigenvalue weighted by Gasteiger charge is -2.15. The minimum atomic E-state index is -0.961. The van der Waals surface area contributed by atoms with E-state index in [1.165, 1.54) is 31.4 Å². The first-order valence-corrected chi connectivity index (χ1v) is 9.15. The Balaban J connectivity index is 1.99. The normalized spacial score (nSPS) is 12.0. The van der Waals surface area contributed by atoms with Gasteiger partial charge in [0.2, 0.25) is 0 Å². The Labute approximate surface area is 161 Å². The smallest absolute Gasteiger partial charge is 0.331 e. The molecule has 1 heterocycles. The second-order valence-electron chi connectivity index (χ2n) is 5.67. The molecule has 26 heavy (non-hydrogen) atoms. The molecule has 0 saturated heterocycles. The molecule has 1 atom stereocenters. The summed E-state index contributed by atoms with van der Waals surface area (Å²) in [6.07, 6.45) is 2.03. The Morgan fingerprint density at radius 2 is 2.00 bits per heavy atom. The van der Waals surface area contributed by atoms with Gasteiger partial charge in [0.15, 0.2) is 6.10 Å². The summed E-state index contributed by atoms with van der Waals surface area (Å²) in [5.41, 5.74) is 2.34. The number of methoxy groups -OCH3 is 1. The lowest BCUT2D eigenvalue weighted by Crippen LogP contribution is -2.29. The molecule has 0 aliphatic heterocycles. The number of thiophene rings is 1. The number of aryl methyl sites for hydroxylation is 2. The van der Waals surface area contributed by atoms with Gasteiger partial charge >= 0.3 is 5.97 Å². The highest BCUT2D eigenvalue weighted by molar-refractivity contribution is 7.11. The number of benzene rings is 1. The quantitative estimate of drug-likeness (QED) is 0.575. The van der Waals surface area contributed by atoms with Gasteiger partial charge in [0, 0.05) is 22.0 Å². The van der Waals surface area contributed by atoms with E-state index >= 15 is 0 Å². The van der Waals surface area contributed by atoms with Crippen LogP contribution < -0.4 is 10.1 Å². The number of nitrogens with one attached hydrogen (secondary N) is 1. The van der Waals surface area contributed by atoms with Crippen molar-refractivity contribution in [1.82, 2.24) is 0 Å². The van der Waals surface area contributed by atoms with Crippen LogP contribution in [0.3, 0.4) is 0 Å². The molecule has 0 fully saturated rings. The Hall–Kier alpha value is -2.31. The van der Waals surface area contributed by atoms with Crippen LogP contribution in [-0.4, -0.2) is 25.1 Å². The van der Waals surface area contributed by atoms with E-state index in [0.717, 1.165) is 16.0 Å². The number of carbonyl (C=O) groups is 2. The maximum absolute atomic E-state index is 12.3. The molecule has 1 aromatic heterocycles. The first-order valence-electron chi connectivity index (χ1n) is 7.89. The van der Waals surface area contributed by atoms with Crippen molar-refractivity contribution in [1.29, 1.82) is 0 Å². The topological polar surface area (TPSA) is 64.6 Å². The van der Waals surface area contributed by atoms with E-state index in [1.54, 1.807) is 18.2 Å². The molecule has 0 radical (unpaired) electrons. The van der Waals surface area contributed by atoms with Crippen LogP contribution in [0.4, 0.5) is 5.69 Å². The van der Waals surface area contributed by atoms with E-state index in [-0.39, 0.29) is 0 Å². The van der Waals surface area contributed by atoms with Crippen molar-refractivity contribution in [2.45, 2.75) is 26.9 Å². The van der Waals surface area contributed by atoms with Crippen LogP contribution in [0.5, 0.6) is 5.75 Å². The number of hydrogen-bond acceptors (Lipinski definition) is 5. The molecule has 1 aromatic carbocycles. The molecule has 0 aliphatic carbocycles. The van der Waals surface area contributed by atoms with Gasteiger partial charge in [-0.05, 0) is 55.5 Å². The molecular weight excluding hydrogens is 374 g/mol. The molecule has 2 rings (SSSR count). The number of hydrogen-bond donors (Lipinski definition) is 1. The maximum Gasteiger partial charge on any atom is 0.331 e. The first kappa shape index (κ1) is 20.0. The van der Waals surface area contributed by atoms with Crippen molar-refractivity contribution in [2.75, 3.05) is 12.4 Å².